The van der Waals surface area contributed by atoms with Crippen molar-refractivity contribution in [2.24, 2.45) is 0 Å². The predicted octanol–water partition coefficient (Wildman–Crippen LogP) is 4.84. The monoisotopic (exact) mass is 433 g/mol. The van der Waals surface area contributed by atoms with E-state index >= 15 is 0 Å². The number of aromatic carboxylic acids is 1. The fraction of sp³-hybridized carbons (Fsp3) is 0.150. The Balaban J connectivity index is 1.69. The molecule has 1 N–H and O–H groups in total. The van der Waals surface area contributed by atoms with Crippen molar-refractivity contribution >= 4 is 57.9 Å². The number of hydrogen-bond donors (Lipinski definition) is 1. The molecule has 1 aliphatic heterocycles. The van der Waals surface area contributed by atoms with Gasteiger partial charge in [-0.3, -0.25) is 9.69 Å². The van der Waals surface area contributed by atoms with Gasteiger partial charge in [0.25, 0.3) is 5.91 Å². The van der Waals surface area contributed by atoms with Gasteiger partial charge in [-0.25, -0.2) is 4.79 Å². The number of thiocarbonyl (C=S) groups is 1. The first-order chi connectivity index (χ1) is 13.4. The molecular weight excluding hydrogens is 418 g/mol. The fourth-order valence-corrected chi connectivity index (χ4v) is 4.18. The number of amides is 1. The second-order valence-electron chi connectivity index (χ2n) is 5.91. The zero-order valence-corrected chi connectivity index (χ0v) is 17.2. The van der Waals surface area contributed by atoms with Crippen molar-refractivity contribution in [1.82, 2.24) is 4.90 Å². The Morgan fingerprint density at radius 2 is 2.00 bits per heavy atom. The molecule has 0 unspecified atom stereocenters. The lowest BCUT2D eigenvalue weighted by Gasteiger charge is -2.10. The number of nitrogens with zero attached hydrogens (tertiary/aromatic N) is 1. The summed E-state index contributed by atoms with van der Waals surface area (Å²) in [5.74, 6) is -0.567. The zero-order valence-electron chi connectivity index (χ0n) is 14.8. The molecule has 0 aromatic heterocycles. The molecule has 2 aromatic rings. The van der Waals surface area contributed by atoms with Crippen LogP contribution in [0.1, 0.15) is 28.4 Å². The lowest BCUT2D eigenvalue weighted by atomic mass is 10.1. The average molecular weight is 434 g/mol. The Morgan fingerprint density at radius 1 is 1.29 bits per heavy atom. The van der Waals surface area contributed by atoms with Gasteiger partial charge in [0.15, 0.2) is 0 Å². The van der Waals surface area contributed by atoms with E-state index in [0.29, 0.717) is 26.5 Å². The summed E-state index contributed by atoms with van der Waals surface area (Å²) in [5.41, 5.74) is 1.83. The summed E-state index contributed by atoms with van der Waals surface area (Å²) in [6.45, 7) is 2.68. The highest BCUT2D eigenvalue weighted by atomic mass is 35.5. The Hall–Kier alpha value is -2.35. The first-order valence-electron chi connectivity index (χ1n) is 8.39. The van der Waals surface area contributed by atoms with Crippen LogP contribution in [0.5, 0.6) is 5.75 Å². The van der Waals surface area contributed by atoms with Gasteiger partial charge in [0.2, 0.25) is 0 Å². The van der Waals surface area contributed by atoms with Gasteiger partial charge in [0.05, 0.1) is 15.5 Å². The molecule has 2 aromatic carbocycles. The van der Waals surface area contributed by atoms with Crippen molar-refractivity contribution in [3.05, 3.63) is 69.1 Å². The van der Waals surface area contributed by atoms with E-state index in [9.17, 15) is 9.59 Å². The number of thioether (sulfide) groups is 1. The van der Waals surface area contributed by atoms with Gasteiger partial charge >= 0.3 is 5.97 Å². The van der Waals surface area contributed by atoms with Crippen molar-refractivity contribution in [2.45, 2.75) is 13.5 Å². The molecule has 5 nitrogen and oxygen atoms in total. The molecule has 0 radical (unpaired) electrons. The highest BCUT2D eigenvalue weighted by Gasteiger charge is 2.30. The van der Waals surface area contributed by atoms with E-state index in [1.165, 1.54) is 23.9 Å². The van der Waals surface area contributed by atoms with E-state index < -0.39 is 5.97 Å². The molecule has 0 bridgehead atoms. The number of carbonyl (C=O) groups is 2. The van der Waals surface area contributed by atoms with Crippen molar-refractivity contribution < 1.29 is 19.4 Å². The first-order valence-corrected chi connectivity index (χ1v) is 9.99. The van der Waals surface area contributed by atoms with E-state index in [4.69, 9.17) is 33.7 Å². The number of rotatable bonds is 6. The molecular formula is C20H16ClNO4S2. The van der Waals surface area contributed by atoms with Crippen LogP contribution in [-0.2, 0) is 11.4 Å². The minimum absolute atomic E-state index is 0.0984. The van der Waals surface area contributed by atoms with Gasteiger partial charge in [-0.15, -0.1) is 0 Å². The molecule has 1 amide bonds. The van der Waals surface area contributed by atoms with Crippen LogP contribution in [0, 0.1) is 0 Å². The van der Waals surface area contributed by atoms with Crippen LogP contribution in [0.3, 0.4) is 0 Å². The summed E-state index contributed by atoms with van der Waals surface area (Å²) >= 11 is 12.8. The van der Waals surface area contributed by atoms with Crippen LogP contribution in [0.25, 0.3) is 6.08 Å². The maximum absolute atomic E-state index is 12.3. The Labute approximate surface area is 176 Å². The van der Waals surface area contributed by atoms with Crippen LogP contribution >= 0.6 is 35.6 Å². The largest absolute Gasteiger partial charge is 0.487 e. The van der Waals surface area contributed by atoms with E-state index in [1.54, 1.807) is 35.2 Å². The molecule has 8 heteroatoms. The third-order valence-corrected chi connectivity index (χ3v) is 5.71. The second kappa shape index (κ2) is 8.77. The van der Waals surface area contributed by atoms with Crippen LogP contribution < -0.4 is 4.74 Å². The van der Waals surface area contributed by atoms with Crippen LogP contribution in [0.4, 0.5) is 0 Å². The number of likely N-dealkylation sites (N-methyl/N-ethyl adjacent to an activating group) is 1. The summed E-state index contributed by atoms with van der Waals surface area (Å²) in [6.07, 6.45) is 1.76. The molecule has 1 fully saturated rings. The lowest BCUT2D eigenvalue weighted by molar-refractivity contribution is -0.121. The molecule has 3 rings (SSSR count). The average Bonchev–Trinajstić information content (AvgIpc) is 2.94. The molecule has 28 heavy (non-hydrogen) atoms. The number of carboxylic acid groups (broad SMARTS) is 1. The van der Waals surface area contributed by atoms with Crippen LogP contribution in [0.2, 0.25) is 5.02 Å². The van der Waals surface area contributed by atoms with Gasteiger partial charge in [-0.05, 0) is 48.4 Å². The highest BCUT2D eigenvalue weighted by molar-refractivity contribution is 8.26. The number of carbonyl (C=O) groups excluding carboxylic acids is 1. The number of carboxylic acids is 1. The third kappa shape index (κ3) is 4.55. The zero-order chi connectivity index (χ0) is 20.3. The standard InChI is InChI=1S/C20H16ClNO4S2/c1-2-22-18(23)17(28-20(22)27)10-13-5-8-16(15(21)9-13)26-11-12-3-6-14(7-4-12)19(24)25/h3-10H,2,11H2,1H3,(H,24,25)/b17-10-. The summed E-state index contributed by atoms with van der Waals surface area (Å²) in [5, 5.41) is 9.34. The van der Waals surface area contributed by atoms with Crippen molar-refractivity contribution in [3.63, 3.8) is 0 Å². The van der Waals surface area contributed by atoms with Crippen molar-refractivity contribution in [2.75, 3.05) is 6.54 Å². The first kappa shape index (κ1) is 20.4. The number of hydrogen-bond acceptors (Lipinski definition) is 5. The van der Waals surface area contributed by atoms with E-state index in [1.807, 2.05) is 13.0 Å². The maximum Gasteiger partial charge on any atom is 0.335 e. The van der Waals surface area contributed by atoms with E-state index in [2.05, 4.69) is 0 Å². The van der Waals surface area contributed by atoms with Crippen LogP contribution in [-0.4, -0.2) is 32.7 Å². The molecule has 0 saturated carbocycles. The number of benzene rings is 2. The normalized spacial score (nSPS) is 15.4. The molecule has 0 aliphatic carbocycles. The van der Waals surface area contributed by atoms with Gasteiger partial charge in [0, 0.05) is 6.54 Å². The topological polar surface area (TPSA) is 66.8 Å². The second-order valence-corrected chi connectivity index (χ2v) is 7.99. The minimum Gasteiger partial charge on any atom is -0.487 e. The molecule has 1 aliphatic rings. The fourth-order valence-electron chi connectivity index (χ4n) is 2.55. The van der Waals surface area contributed by atoms with Crippen molar-refractivity contribution in [3.8, 4) is 5.75 Å². The molecule has 144 valence electrons. The third-order valence-electron chi connectivity index (χ3n) is 4.04. The SMILES string of the molecule is CCN1C(=O)/C(=C/c2ccc(OCc3ccc(C(=O)O)cc3)c(Cl)c2)SC1=S. The van der Waals surface area contributed by atoms with E-state index in [0.717, 1.165) is 11.1 Å². The van der Waals surface area contributed by atoms with Gasteiger partial charge in [-0.1, -0.05) is 53.8 Å². The molecule has 1 saturated heterocycles. The van der Waals surface area contributed by atoms with Gasteiger partial charge < -0.3 is 9.84 Å². The summed E-state index contributed by atoms with van der Waals surface area (Å²) in [6, 6.07) is 11.7. The molecule has 0 spiro atoms. The minimum atomic E-state index is -0.970. The lowest BCUT2D eigenvalue weighted by Crippen LogP contribution is -2.27. The summed E-state index contributed by atoms with van der Waals surface area (Å²) < 4.78 is 6.27. The van der Waals surface area contributed by atoms with Crippen molar-refractivity contribution in [1.29, 1.82) is 0 Å². The Bertz CT molecular complexity index is 973. The van der Waals surface area contributed by atoms with Gasteiger partial charge in [-0.2, -0.15) is 0 Å². The van der Waals surface area contributed by atoms with Gasteiger partial charge in [0.1, 0.15) is 16.7 Å². The Kier molecular flexibility index (Phi) is 6.39. The summed E-state index contributed by atoms with van der Waals surface area (Å²) in [7, 11) is 0. The summed E-state index contributed by atoms with van der Waals surface area (Å²) in [4.78, 5) is 25.3. The number of ether oxygens (including phenoxy) is 1. The quantitative estimate of drug-likeness (QED) is 0.519. The Morgan fingerprint density at radius 3 is 2.57 bits per heavy atom. The predicted molar refractivity (Wildman–Crippen MR) is 115 cm³/mol. The smallest absolute Gasteiger partial charge is 0.335 e. The molecule has 1 heterocycles. The maximum atomic E-state index is 12.3. The molecule has 0 atom stereocenters. The van der Waals surface area contributed by atoms with Crippen LogP contribution in [0.15, 0.2) is 47.4 Å². The highest BCUT2D eigenvalue weighted by Crippen LogP contribution is 2.34. The number of halogens is 1. The van der Waals surface area contributed by atoms with E-state index in [-0.39, 0.29) is 18.1 Å².